The van der Waals surface area contributed by atoms with Gasteiger partial charge >= 0.3 is 0 Å². The Hall–Kier alpha value is -1.84. The highest BCUT2D eigenvalue weighted by atomic mass is 16.6. The molecule has 1 aliphatic rings. The topological polar surface area (TPSA) is 56.3 Å². The van der Waals surface area contributed by atoms with Crippen molar-refractivity contribution in [3.8, 4) is 0 Å². The van der Waals surface area contributed by atoms with Crippen molar-refractivity contribution in [2.45, 2.75) is 32.1 Å². The van der Waals surface area contributed by atoms with Crippen LogP contribution in [0.15, 0.2) is 22.6 Å². The van der Waals surface area contributed by atoms with Crippen LogP contribution in [-0.4, -0.2) is 4.92 Å². The maximum absolute atomic E-state index is 10.8. The Morgan fingerprint density at radius 3 is 2.76 bits per heavy atom. The van der Waals surface area contributed by atoms with Gasteiger partial charge in [0.2, 0.25) is 0 Å². The first-order valence-corrected chi connectivity index (χ1v) is 5.89. The quantitative estimate of drug-likeness (QED) is 0.596. The first-order valence-electron chi connectivity index (χ1n) is 5.89. The number of fused-ring (bicyclic) bond motifs is 1. The lowest BCUT2D eigenvalue weighted by Crippen LogP contribution is -1.90. The maximum atomic E-state index is 10.8. The van der Waals surface area contributed by atoms with Crippen LogP contribution in [-0.2, 0) is 6.42 Å². The molecule has 17 heavy (non-hydrogen) atoms. The zero-order valence-corrected chi connectivity index (χ0v) is 9.60. The standard InChI is InChI=1S/C13H13NO3/c1-2-8-5-11(14(15)16)6-10-7-12(9-3-4-9)17-13(8)10/h5-7,9H,2-4H2,1H3. The summed E-state index contributed by atoms with van der Waals surface area (Å²) in [5.41, 5.74) is 1.89. The average molecular weight is 231 g/mol. The van der Waals surface area contributed by atoms with Crippen LogP contribution >= 0.6 is 0 Å². The van der Waals surface area contributed by atoms with Crippen LogP contribution in [0.4, 0.5) is 5.69 Å². The first kappa shape index (κ1) is 10.3. The van der Waals surface area contributed by atoms with Gasteiger partial charge in [-0.15, -0.1) is 0 Å². The molecule has 4 nitrogen and oxygen atoms in total. The Kier molecular flexibility index (Phi) is 2.18. The monoisotopic (exact) mass is 231 g/mol. The third-order valence-electron chi connectivity index (χ3n) is 3.27. The number of nitrogens with zero attached hydrogens (tertiary/aromatic N) is 1. The smallest absolute Gasteiger partial charge is 0.270 e. The molecular weight excluding hydrogens is 218 g/mol. The molecule has 0 atom stereocenters. The number of non-ortho nitro benzene ring substituents is 1. The summed E-state index contributed by atoms with van der Waals surface area (Å²) < 4.78 is 5.83. The summed E-state index contributed by atoms with van der Waals surface area (Å²) in [4.78, 5) is 10.5. The van der Waals surface area contributed by atoms with Crippen molar-refractivity contribution in [2.24, 2.45) is 0 Å². The minimum atomic E-state index is -0.345. The van der Waals surface area contributed by atoms with Crippen LogP contribution in [0.25, 0.3) is 11.0 Å². The highest BCUT2D eigenvalue weighted by Crippen LogP contribution is 2.43. The molecule has 3 rings (SSSR count). The molecule has 0 bridgehead atoms. The molecule has 4 heteroatoms. The summed E-state index contributed by atoms with van der Waals surface area (Å²) in [6.07, 6.45) is 3.09. The molecule has 0 spiro atoms. The van der Waals surface area contributed by atoms with Gasteiger partial charge in [0.05, 0.1) is 4.92 Å². The van der Waals surface area contributed by atoms with E-state index >= 15 is 0 Å². The normalized spacial score (nSPS) is 15.4. The fraction of sp³-hybridized carbons (Fsp3) is 0.385. The van der Waals surface area contributed by atoms with E-state index in [0.717, 1.165) is 28.7 Å². The fourth-order valence-corrected chi connectivity index (χ4v) is 2.17. The summed E-state index contributed by atoms with van der Waals surface area (Å²) in [7, 11) is 0. The Morgan fingerprint density at radius 2 is 2.18 bits per heavy atom. The second-order valence-corrected chi connectivity index (χ2v) is 4.56. The maximum Gasteiger partial charge on any atom is 0.270 e. The predicted molar refractivity (Wildman–Crippen MR) is 64.2 cm³/mol. The lowest BCUT2D eigenvalue weighted by Gasteiger charge is -1.98. The Labute approximate surface area is 98.4 Å². The lowest BCUT2D eigenvalue weighted by molar-refractivity contribution is -0.384. The van der Waals surface area contributed by atoms with Gasteiger partial charge in [-0.3, -0.25) is 10.1 Å². The molecule has 0 radical (unpaired) electrons. The van der Waals surface area contributed by atoms with Gasteiger partial charge < -0.3 is 4.42 Å². The van der Waals surface area contributed by atoms with Crippen molar-refractivity contribution in [2.75, 3.05) is 0 Å². The number of hydrogen-bond acceptors (Lipinski definition) is 3. The molecular formula is C13H13NO3. The van der Waals surface area contributed by atoms with Crippen LogP contribution in [0.3, 0.4) is 0 Å². The van der Waals surface area contributed by atoms with Gasteiger partial charge in [0.15, 0.2) is 0 Å². The highest BCUT2D eigenvalue weighted by molar-refractivity contribution is 5.84. The molecule has 1 heterocycles. The molecule has 0 aliphatic heterocycles. The number of nitro groups is 1. The number of nitro benzene ring substituents is 1. The lowest BCUT2D eigenvalue weighted by atomic mass is 10.1. The summed E-state index contributed by atoms with van der Waals surface area (Å²) in [6.45, 7) is 1.98. The molecule has 1 saturated carbocycles. The number of benzene rings is 1. The molecule has 1 aromatic carbocycles. The van der Waals surface area contributed by atoms with Crippen molar-refractivity contribution in [1.82, 2.24) is 0 Å². The van der Waals surface area contributed by atoms with Crippen LogP contribution in [0.5, 0.6) is 0 Å². The number of furan rings is 1. The second-order valence-electron chi connectivity index (χ2n) is 4.56. The summed E-state index contributed by atoms with van der Waals surface area (Å²) >= 11 is 0. The minimum Gasteiger partial charge on any atom is -0.460 e. The van der Waals surface area contributed by atoms with Gasteiger partial charge in [0.1, 0.15) is 11.3 Å². The average Bonchev–Trinajstić information content (AvgIpc) is 3.07. The van der Waals surface area contributed by atoms with Crippen LogP contribution in [0.1, 0.15) is 37.0 Å². The van der Waals surface area contributed by atoms with E-state index in [1.54, 1.807) is 12.1 Å². The predicted octanol–water partition coefficient (Wildman–Crippen LogP) is 3.78. The number of aryl methyl sites for hydroxylation is 1. The summed E-state index contributed by atoms with van der Waals surface area (Å²) in [6, 6.07) is 5.17. The van der Waals surface area contributed by atoms with Crippen molar-refractivity contribution in [3.63, 3.8) is 0 Å². The molecule has 0 unspecified atom stereocenters. The third kappa shape index (κ3) is 1.69. The van der Waals surface area contributed by atoms with Gasteiger partial charge in [-0.25, -0.2) is 0 Å². The van der Waals surface area contributed by atoms with Crippen molar-refractivity contribution in [1.29, 1.82) is 0 Å². The molecule has 1 aromatic heterocycles. The van der Waals surface area contributed by atoms with Crippen molar-refractivity contribution < 1.29 is 9.34 Å². The van der Waals surface area contributed by atoms with E-state index < -0.39 is 0 Å². The molecule has 0 saturated heterocycles. The largest absolute Gasteiger partial charge is 0.460 e. The molecule has 1 aliphatic carbocycles. The molecule has 88 valence electrons. The second kappa shape index (κ2) is 3.58. The van der Waals surface area contributed by atoms with Gasteiger partial charge in [0, 0.05) is 29.0 Å². The van der Waals surface area contributed by atoms with Crippen molar-refractivity contribution in [3.05, 3.63) is 39.6 Å². The summed E-state index contributed by atoms with van der Waals surface area (Å²) in [5, 5.41) is 11.7. The van der Waals surface area contributed by atoms with Gasteiger partial charge in [-0.2, -0.15) is 0 Å². The molecule has 1 fully saturated rings. The molecule has 0 N–H and O–H groups in total. The van der Waals surface area contributed by atoms with E-state index in [9.17, 15) is 10.1 Å². The molecule has 0 amide bonds. The van der Waals surface area contributed by atoms with E-state index in [4.69, 9.17) is 4.42 Å². The van der Waals surface area contributed by atoms with E-state index in [2.05, 4.69) is 0 Å². The van der Waals surface area contributed by atoms with E-state index in [1.807, 2.05) is 13.0 Å². The zero-order chi connectivity index (χ0) is 12.0. The Bertz CT molecular complexity index is 596. The van der Waals surface area contributed by atoms with E-state index in [0.29, 0.717) is 5.92 Å². The zero-order valence-electron chi connectivity index (χ0n) is 9.60. The van der Waals surface area contributed by atoms with Gasteiger partial charge in [-0.05, 0) is 25.3 Å². The fourth-order valence-electron chi connectivity index (χ4n) is 2.17. The SMILES string of the molecule is CCc1cc([N+](=O)[O-])cc2cc(C3CC3)oc12. The molecule has 2 aromatic rings. The third-order valence-corrected chi connectivity index (χ3v) is 3.27. The summed E-state index contributed by atoms with van der Waals surface area (Å²) in [5.74, 6) is 1.52. The van der Waals surface area contributed by atoms with E-state index in [1.165, 1.54) is 12.8 Å². The Morgan fingerprint density at radius 1 is 1.41 bits per heavy atom. The van der Waals surface area contributed by atoms with E-state index in [-0.39, 0.29) is 10.6 Å². The van der Waals surface area contributed by atoms with Gasteiger partial charge in [0.25, 0.3) is 5.69 Å². The number of hydrogen-bond donors (Lipinski definition) is 0. The highest BCUT2D eigenvalue weighted by Gasteiger charge is 2.28. The van der Waals surface area contributed by atoms with Gasteiger partial charge in [-0.1, -0.05) is 6.92 Å². The Balaban J connectivity index is 2.21. The van der Waals surface area contributed by atoms with Crippen molar-refractivity contribution >= 4 is 16.7 Å². The first-order chi connectivity index (χ1) is 8.19. The number of rotatable bonds is 3. The van der Waals surface area contributed by atoms with Crippen LogP contribution in [0.2, 0.25) is 0 Å². The van der Waals surface area contributed by atoms with Crippen LogP contribution in [0, 0.1) is 10.1 Å². The minimum absolute atomic E-state index is 0.150. The van der Waals surface area contributed by atoms with Crippen LogP contribution < -0.4 is 0 Å².